The van der Waals surface area contributed by atoms with E-state index in [-0.39, 0.29) is 17.1 Å². The van der Waals surface area contributed by atoms with E-state index in [1.807, 2.05) is 57.8 Å². The van der Waals surface area contributed by atoms with Crippen LogP contribution in [0.15, 0.2) is 0 Å². The fourth-order valence-corrected chi connectivity index (χ4v) is 0.871. The normalized spacial score (nSPS) is 21.9. The molecule has 2 aliphatic rings. The molecule has 0 spiro atoms. The minimum absolute atomic E-state index is 0. The topological polar surface area (TPSA) is 26.0 Å². The van der Waals surface area contributed by atoms with Crippen LogP contribution in [-0.2, 0) is 17.1 Å². The van der Waals surface area contributed by atoms with Crippen molar-refractivity contribution in [1.82, 2.24) is 0 Å². The van der Waals surface area contributed by atoms with Crippen LogP contribution in [0.4, 0.5) is 0 Å². The molecule has 0 saturated heterocycles. The molecule has 0 aromatic heterocycles. The Labute approximate surface area is 93.3 Å². The van der Waals surface area contributed by atoms with Gasteiger partial charge in [-0.3, -0.25) is 0 Å². The maximum Gasteiger partial charge on any atom is 2.00 e. The molecular formula is C11H13FeN+2. The Hall–Kier alpha value is 0.479. The number of hydrogen-bond donors (Lipinski definition) is 1. The molecule has 13 heavy (non-hydrogen) atoms. The molecular weight excluding hydrogens is 202 g/mol. The molecule has 0 aliphatic heterocycles. The van der Waals surface area contributed by atoms with Gasteiger partial charge in [-0.15, -0.1) is 0 Å². The molecule has 68 valence electrons. The van der Waals surface area contributed by atoms with Crippen LogP contribution in [0.1, 0.15) is 0 Å². The van der Waals surface area contributed by atoms with Crippen LogP contribution in [0.2, 0.25) is 0 Å². The molecule has 2 fully saturated rings. The van der Waals surface area contributed by atoms with Gasteiger partial charge in [0.2, 0.25) is 0 Å². The van der Waals surface area contributed by atoms with Crippen molar-refractivity contribution in [3.05, 3.63) is 63.7 Å². The molecule has 0 aromatic rings. The zero-order valence-corrected chi connectivity index (χ0v) is 8.44. The van der Waals surface area contributed by atoms with E-state index in [4.69, 9.17) is 5.73 Å². The maximum atomic E-state index is 5.29. The van der Waals surface area contributed by atoms with Crippen LogP contribution in [0, 0.1) is 63.7 Å². The molecule has 0 amide bonds. The fourth-order valence-electron chi connectivity index (χ4n) is 0.871. The van der Waals surface area contributed by atoms with Gasteiger partial charge in [0.25, 0.3) is 0 Å². The van der Waals surface area contributed by atoms with Gasteiger partial charge < -0.3 is 5.73 Å². The van der Waals surface area contributed by atoms with E-state index < -0.39 is 0 Å². The van der Waals surface area contributed by atoms with Crippen LogP contribution in [0.5, 0.6) is 0 Å². The molecule has 2 heteroatoms. The van der Waals surface area contributed by atoms with Crippen molar-refractivity contribution < 1.29 is 17.1 Å². The second-order valence-electron chi connectivity index (χ2n) is 2.46. The Balaban J connectivity index is 0.000000215. The largest absolute Gasteiger partial charge is 2.00 e. The minimum Gasteiger partial charge on any atom is -0.330 e. The molecule has 2 aliphatic carbocycles. The molecule has 2 N–H and O–H groups in total. The van der Waals surface area contributed by atoms with Gasteiger partial charge in [0, 0.05) is 0 Å². The molecule has 10 radical (unpaired) electrons. The van der Waals surface area contributed by atoms with Crippen molar-refractivity contribution in [2.75, 3.05) is 6.54 Å². The van der Waals surface area contributed by atoms with E-state index in [9.17, 15) is 0 Å². The summed E-state index contributed by atoms with van der Waals surface area (Å²) in [6.45, 7) is 0.660. The van der Waals surface area contributed by atoms with Gasteiger partial charge in [-0.2, -0.15) is 0 Å². The summed E-state index contributed by atoms with van der Waals surface area (Å²) in [4.78, 5) is 0. The van der Waals surface area contributed by atoms with Crippen LogP contribution in [-0.4, -0.2) is 6.54 Å². The zero-order chi connectivity index (χ0) is 8.65. The number of nitrogens with two attached hydrogens (primary N) is 1. The van der Waals surface area contributed by atoms with Gasteiger partial charge in [0.05, 0.1) is 0 Å². The number of hydrogen-bond acceptors (Lipinski definition) is 1. The molecule has 2 rings (SSSR count). The summed E-state index contributed by atoms with van der Waals surface area (Å²) in [7, 11) is 0. The van der Waals surface area contributed by atoms with E-state index in [1.54, 1.807) is 0 Å². The average Bonchev–Trinajstić information content (AvgIpc) is 2.81. The van der Waals surface area contributed by atoms with Crippen LogP contribution in [0.3, 0.4) is 0 Å². The van der Waals surface area contributed by atoms with Gasteiger partial charge in [0.1, 0.15) is 0 Å². The molecule has 0 aromatic carbocycles. The smallest absolute Gasteiger partial charge is 0.330 e. The second kappa shape index (κ2) is 9.05. The van der Waals surface area contributed by atoms with Gasteiger partial charge in [-0.25, -0.2) is 0 Å². The third-order valence-corrected chi connectivity index (χ3v) is 1.52. The summed E-state index contributed by atoms with van der Waals surface area (Å²) < 4.78 is 0. The number of rotatable bonds is 1. The Morgan fingerprint density at radius 1 is 0.769 bits per heavy atom. The first-order valence-electron chi connectivity index (χ1n) is 4.01. The van der Waals surface area contributed by atoms with Gasteiger partial charge in [-0.05, 0) is 70.3 Å². The predicted molar refractivity (Wildman–Crippen MR) is 51.0 cm³/mol. The van der Waals surface area contributed by atoms with E-state index in [2.05, 4.69) is 0 Å². The molecule has 0 atom stereocenters. The molecule has 2 saturated carbocycles. The molecule has 0 heterocycles. The standard InChI is InChI=1S/C6H8N.C5H5.Fe/c7-5-6-3-1-2-4-6;1-2-4-5-3-1;/h1-4H,5,7H2;1-5H;/q;;+2. The fraction of sp³-hybridized carbons (Fsp3) is 0.0909. The molecule has 1 nitrogen and oxygen atoms in total. The van der Waals surface area contributed by atoms with Gasteiger partial charge in [-0.1, -0.05) is 0 Å². The van der Waals surface area contributed by atoms with Crippen molar-refractivity contribution in [3.8, 4) is 0 Å². The average molecular weight is 215 g/mol. The first-order chi connectivity index (χ1) is 5.93. The quantitative estimate of drug-likeness (QED) is 0.657. The summed E-state index contributed by atoms with van der Waals surface area (Å²) in [5.74, 6) is 1.21. The van der Waals surface area contributed by atoms with Gasteiger partial charge in [0.15, 0.2) is 0 Å². The Morgan fingerprint density at radius 3 is 1.38 bits per heavy atom. The first kappa shape index (κ1) is 13.5. The van der Waals surface area contributed by atoms with Crippen molar-refractivity contribution in [3.63, 3.8) is 0 Å². The van der Waals surface area contributed by atoms with Crippen molar-refractivity contribution in [2.24, 2.45) is 5.73 Å². The third kappa shape index (κ3) is 6.54. The summed E-state index contributed by atoms with van der Waals surface area (Å²) >= 11 is 0. The predicted octanol–water partition coefficient (Wildman–Crippen LogP) is 1.37. The molecule has 0 bridgehead atoms. The summed E-state index contributed by atoms with van der Waals surface area (Å²) in [6.07, 6.45) is 18.0. The zero-order valence-electron chi connectivity index (χ0n) is 7.33. The monoisotopic (exact) mass is 215 g/mol. The summed E-state index contributed by atoms with van der Waals surface area (Å²) in [5.41, 5.74) is 5.29. The van der Waals surface area contributed by atoms with E-state index in [0.717, 1.165) is 0 Å². The van der Waals surface area contributed by atoms with E-state index in [0.29, 0.717) is 6.54 Å². The van der Waals surface area contributed by atoms with Crippen molar-refractivity contribution in [1.29, 1.82) is 0 Å². The van der Waals surface area contributed by atoms with Crippen LogP contribution < -0.4 is 5.73 Å². The second-order valence-corrected chi connectivity index (χ2v) is 2.46. The Bertz CT molecular complexity index is 88.7. The SMILES string of the molecule is NC[C]1[CH][CH][CH][CH]1.[CH]1[CH][CH][CH][CH]1.[Fe+2]. The third-order valence-electron chi connectivity index (χ3n) is 1.52. The van der Waals surface area contributed by atoms with Crippen LogP contribution in [0.25, 0.3) is 0 Å². The van der Waals surface area contributed by atoms with Crippen LogP contribution >= 0.6 is 0 Å². The Kier molecular flexibility index (Phi) is 9.38. The summed E-state index contributed by atoms with van der Waals surface area (Å²) in [5, 5.41) is 0. The van der Waals surface area contributed by atoms with Gasteiger partial charge >= 0.3 is 17.1 Å². The maximum absolute atomic E-state index is 5.29. The molecule has 0 unspecified atom stereocenters. The summed E-state index contributed by atoms with van der Waals surface area (Å²) in [6, 6.07) is 0. The van der Waals surface area contributed by atoms with Crippen molar-refractivity contribution in [2.45, 2.75) is 0 Å². The van der Waals surface area contributed by atoms with Crippen molar-refractivity contribution >= 4 is 0 Å². The Morgan fingerprint density at radius 2 is 1.15 bits per heavy atom. The minimum atomic E-state index is 0. The van der Waals surface area contributed by atoms with E-state index >= 15 is 0 Å². The first-order valence-corrected chi connectivity index (χ1v) is 4.01. The van der Waals surface area contributed by atoms with E-state index in [1.165, 1.54) is 5.92 Å².